The molecule has 1 aromatic rings. The molecule has 0 spiro atoms. The minimum absolute atomic E-state index is 0.114. The average molecular weight is 299 g/mol. The Morgan fingerprint density at radius 1 is 1.42 bits per heavy atom. The van der Waals surface area contributed by atoms with Crippen LogP contribution in [0.4, 0.5) is 0 Å². The van der Waals surface area contributed by atoms with Gasteiger partial charge >= 0.3 is 0 Å². The van der Waals surface area contributed by atoms with Gasteiger partial charge in [-0.1, -0.05) is 11.6 Å². The number of nitrogens with zero attached hydrogens (tertiary/aromatic N) is 1. The number of rotatable bonds is 2. The largest absolute Gasteiger partial charge is 0.338 e. The maximum absolute atomic E-state index is 12.5. The van der Waals surface area contributed by atoms with E-state index in [1.54, 1.807) is 6.07 Å². The summed E-state index contributed by atoms with van der Waals surface area (Å²) in [4.78, 5) is 15.2. The van der Waals surface area contributed by atoms with Gasteiger partial charge in [-0.2, -0.15) is 0 Å². The lowest BCUT2D eigenvalue weighted by Gasteiger charge is -2.35. The average Bonchev–Trinajstić information content (AvgIpc) is 3.09. The first kappa shape index (κ1) is 13.4. The molecule has 2 fully saturated rings. The Hall–Kier alpha value is -0.580. The van der Waals surface area contributed by atoms with E-state index in [1.807, 2.05) is 10.3 Å². The Morgan fingerprint density at radius 2 is 2.32 bits per heavy atom. The summed E-state index contributed by atoms with van der Waals surface area (Å²) < 4.78 is 0. The van der Waals surface area contributed by atoms with Crippen LogP contribution < -0.4 is 5.32 Å². The fraction of sp³-hybridized carbons (Fsp3) is 0.643. The lowest BCUT2D eigenvalue weighted by molar-refractivity contribution is 0.0656. The van der Waals surface area contributed by atoms with Crippen molar-refractivity contribution in [2.24, 2.45) is 5.92 Å². The number of nitrogens with one attached hydrogen (secondary N) is 1. The number of amides is 1. The number of hydrogen-bond acceptors (Lipinski definition) is 3. The molecule has 0 saturated carbocycles. The predicted octanol–water partition coefficient (Wildman–Crippen LogP) is 3.01. The molecule has 1 aromatic heterocycles. The number of hydrogen-bond donors (Lipinski definition) is 1. The molecular formula is C14H19ClN2OS. The second-order valence-electron chi connectivity index (χ2n) is 5.45. The Kier molecular flexibility index (Phi) is 4.10. The molecule has 2 aliphatic heterocycles. The zero-order valence-electron chi connectivity index (χ0n) is 10.9. The zero-order chi connectivity index (χ0) is 13.2. The molecule has 5 heteroatoms. The molecule has 2 atom stereocenters. The first-order chi connectivity index (χ1) is 9.25. The van der Waals surface area contributed by atoms with Crippen LogP contribution in [0.2, 0.25) is 5.02 Å². The fourth-order valence-electron chi connectivity index (χ4n) is 3.23. The molecule has 0 bridgehead atoms. The van der Waals surface area contributed by atoms with Gasteiger partial charge in [0.1, 0.15) is 4.88 Å². The second-order valence-corrected chi connectivity index (χ2v) is 6.78. The molecule has 2 unspecified atom stereocenters. The lowest BCUT2D eigenvalue weighted by atomic mass is 9.89. The second kappa shape index (κ2) is 5.81. The number of halogens is 1. The van der Waals surface area contributed by atoms with Crippen molar-refractivity contribution < 1.29 is 4.79 Å². The number of carbonyl (C=O) groups is 1. The third-order valence-corrected chi connectivity index (χ3v) is 5.55. The summed E-state index contributed by atoms with van der Waals surface area (Å²) in [6.07, 6.45) is 4.87. The summed E-state index contributed by atoms with van der Waals surface area (Å²) in [5, 5.41) is 6.05. The molecule has 3 rings (SSSR count). The van der Waals surface area contributed by atoms with Crippen molar-refractivity contribution in [2.75, 3.05) is 19.6 Å². The summed E-state index contributed by atoms with van der Waals surface area (Å²) in [5.74, 6) is 0.724. The van der Waals surface area contributed by atoms with E-state index in [9.17, 15) is 4.79 Å². The summed E-state index contributed by atoms with van der Waals surface area (Å²) in [6, 6.07) is 2.41. The minimum atomic E-state index is 0.114. The molecule has 2 saturated heterocycles. The smallest absolute Gasteiger partial charge is 0.265 e. The van der Waals surface area contributed by atoms with E-state index >= 15 is 0 Å². The quantitative estimate of drug-likeness (QED) is 0.910. The van der Waals surface area contributed by atoms with Crippen molar-refractivity contribution in [3.8, 4) is 0 Å². The van der Waals surface area contributed by atoms with E-state index in [1.165, 1.54) is 30.6 Å². The van der Waals surface area contributed by atoms with E-state index in [2.05, 4.69) is 5.32 Å². The standard InChI is InChI=1S/C14H19ClN2OS/c15-11-5-8-19-13(11)14(18)17-7-2-3-10(9-17)12-4-1-6-16-12/h5,8,10,12,16H,1-4,6-7,9H2. The van der Waals surface area contributed by atoms with Crippen LogP contribution in [0.3, 0.4) is 0 Å². The van der Waals surface area contributed by atoms with Gasteiger partial charge in [0.2, 0.25) is 0 Å². The monoisotopic (exact) mass is 298 g/mol. The Morgan fingerprint density at radius 3 is 3.00 bits per heavy atom. The zero-order valence-corrected chi connectivity index (χ0v) is 12.5. The normalized spacial score (nSPS) is 27.7. The van der Waals surface area contributed by atoms with Gasteiger partial charge in [-0.05, 0) is 49.6 Å². The van der Waals surface area contributed by atoms with Gasteiger partial charge in [-0.25, -0.2) is 0 Å². The topological polar surface area (TPSA) is 32.3 Å². The fourth-order valence-corrected chi connectivity index (χ4v) is 4.33. The van der Waals surface area contributed by atoms with Crippen LogP contribution in [-0.4, -0.2) is 36.5 Å². The van der Waals surface area contributed by atoms with E-state index < -0.39 is 0 Å². The number of likely N-dealkylation sites (tertiary alicyclic amines) is 1. The van der Waals surface area contributed by atoms with E-state index in [-0.39, 0.29) is 5.91 Å². The Labute approximate surface area is 122 Å². The van der Waals surface area contributed by atoms with Crippen molar-refractivity contribution in [3.63, 3.8) is 0 Å². The van der Waals surface area contributed by atoms with Gasteiger partial charge in [0.15, 0.2) is 0 Å². The van der Waals surface area contributed by atoms with Gasteiger partial charge in [-0.3, -0.25) is 4.79 Å². The Balaban J connectivity index is 1.67. The molecule has 1 N–H and O–H groups in total. The lowest BCUT2D eigenvalue weighted by Crippen LogP contribution is -2.45. The van der Waals surface area contributed by atoms with Gasteiger partial charge in [0, 0.05) is 19.1 Å². The van der Waals surface area contributed by atoms with Crippen molar-refractivity contribution >= 4 is 28.8 Å². The van der Waals surface area contributed by atoms with Crippen LogP contribution in [0.15, 0.2) is 11.4 Å². The number of carbonyl (C=O) groups excluding carboxylic acids is 1. The van der Waals surface area contributed by atoms with Crippen molar-refractivity contribution in [3.05, 3.63) is 21.3 Å². The Bertz CT molecular complexity index is 456. The maximum atomic E-state index is 12.5. The molecular weight excluding hydrogens is 280 g/mol. The molecule has 1 amide bonds. The molecule has 104 valence electrons. The third kappa shape index (κ3) is 2.81. The summed E-state index contributed by atoms with van der Waals surface area (Å²) in [6.45, 7) is 2.88. The van der Waals surface area contributed by atoms with Crippen LogP contribution in [0, 0.1) is 5.92 Å². The van der Waals surface area contributed by atoms with E-state index in [0.717, 1.165) is 26.1 Å². The predicted molar refractivity (Wildman–Crippen MR) is 79.0 cm³/mol. The van der Waals surface area contributed by atoms with Crippen LogP contribution in [-0.2, 0) is 0 Å². The molecule has 0 aliphatic carbocycles. The number of piperidine rings is 1. The van der Waals surface area contributed by atoms with Gasteiger partial charge in [0.25, 0.3) is 5.91 Å². The minimum Gasteiger partial charge on any atom is -0.338 e. The first-order valence-corrected chi connectivity index (χ1v) is 8.27. The van der Waals surface area contributed by atoms with Crippen molar-refractivity contribution in [1.82, 2.24) is 10.2 Å². The molecule has 3 nitrogen and oxygen atoms in total. The first-order valence-electron chi connectivity index (χ1n) is 7.01. The molecule has 2 aliphatic rings. The number of thiophene rings is 1. The summed E-state index contributed by atoms with van der Waals surface area (Å²) in [7, 11) is 0. The highest BCUT2D eigenvalue weighted by Gasteiger charge is 2.31. The van der Waals surface area contributed by atoms with Crippen LogP contribution in [0.1, 0.15) is 35.4 Å². The highest BCUT2D eigenvalue weighted by atomic mass is 35.5. The molecule has 19 heavy (non-hydrogen) atoms. The van der Waals surface area contributed by atoms with E-state index in [0.29, 0.717) is 21.9 Å². The van der Waals surface area contributed by atoms with Gasteiger partial charge < -0.3 is 10.2 Å². The SMILES string of the molecule is O=C(c1sccc1Cl)N1CCCC(C2CCCN2)C1. The highest BCUT2D eigenvalue weighted by Crippen LogP contribution is 2.28. The van der Waals surface area contributed by atoms with Gasteiger partial charge in [0.05, 0.1) is 5.02 Å². The van der Waals surface area contributed by atoms with Crippen molar-refractivity contribution in [2.45, 2.75) is 31.7 Å². The third-order valence-electron chi connectivity index (χ3n) is 4.22. The molecule has 3 heterocycles. The van der Waals surface area contributed by atoms with Crippen LogP contribution >= 0.6 is 22.9 Å². The summed E-state index contributed by atoms with van der Waals surface area (Å²) >= 11 is 7.51. The molecule has 0 radical (unpaired) electrons. The maximum Gasteiger partial charge on any atom is 0.265 e. The molecule has 0 aromatic carbocycles. The van der Waals surface area contributed by atoms with Crippen molar-refractivity contribution in [1.29, 1.82) is 0 Å². The highest BCUT2D eigenvalue weighted by molar-refractivity contribution is 7.12. The van der Waals surface area contributed by atoms with Crippen LogP contribution in [0.25, 0.3) is 0 Å². The van der Waals surface area contributed by atoms with Crippen LogP contribution in [0.5, 0.6) is 0 Å². The van der Waals surface area contributed by atoms with E-state index in [4.69, 9.17) is 11.6 Å². The van der Waals surface area contributed by atoms with Gasteiger partial charge in [-0.15, -0.1) is 11.3 Å². The summed E-state index contributed by atoms with van der Waals surface area (Å²) in [5.41, 5.74) is 0.